The van der Waals surface area contributed by atoms with E-state index in [1.807, 2.05) is 0 Å². The zero-order chi connectivity index (χ0) is 17.0. The summed E-state index contributed by atoms with van der Waals surface area (Å²) >= 11 is 0. The third-order valence-corrected chi connectivity index (χ3v) is 2.24. The summed E-state index contributed by atoms with van der Waals surface area (Å²) < 4.78 is 55.8. The second kappa shape index (κ2) is 6.69. The van der Waals surface area contributed by atoms with Gasteiger partial charge >= 0.3 is 12.3 Å². The van der Waals surface area contributed by atoms with E-state index < -0.39 is 29.3 Å². The SMILES string of the molecule is CC(C)(C)OC(=O)NCC#Cc1cc(C(F)(F)F)ccc1F. The number of carbonyl (C=O) groups is 1. The Morgan fingerprint density at radius 2 is 1.91 bits per heavy atom. The molecule has 1 rings (SSSR count). The molecule has 1 N–H and O–H groups in total. The number of nitrogens with one attached hydrogen (secondary N) is 1. The number of carbonyl (C=O) groups excluding carboxylic acids is 1. The lowest BCUT2D eigenvalue weighted by molar-refractivity contribution is -0.137. The maximum absolute atomic E-state index is 13.4. The summed E-state index contributed by atoms with van der Waals surface area (Å²) in [5.41, 5.74) is -2.05. The average molecular weight is 317 g/mol. The van der Waals surface area contributed by atoms with Crippen molar-refractivity contribution < 1.29 is 27.1 Å². The molecule has 1 amide bonds. The second-order valence-corrected chi connectivity index (χ2v) is 5.35. The largest absolute Gasteiger partial charge is 0.444 e. The molecule has 0 heterocycles. The first-order valence-corrected chi connectivity index (χ1v) is 6.31. The lowest BCUT2D eigenvalue weighted by atomic mass is 10.1. The quantitative estimate of drug-likeness (QED) is 0.633. The maximum atomic E-state index is 13.4. The van der Waals surface area contributed by atoms with Crippen molar-refractivity contribution >= 4 is 6.09 Å². The zero-order valence-electron chi connectivity index (χ0n) is 12.3. The minimum Gasteiger partial charge on any atom is -0.444 e. The highest BCUT2D eigenvalue weighted by Gasteiger charge is 2.30. The number of ether oxygens (including phenoxy) is 1. The molecule has 120 valence electrons. The monoisotopic (exact) mass is 317 g/mol. The molecule has 0 aliphatic rings. The van der Waals surface area contributed by atoms with Gasteiger partial charge in [-0.15, -0.1) is 0 Å². The molecule has 0 aromatic heterocycles. The third kappa shape index (κ3) is 6.04. The Bertz CT molecular complexity index is 607. The molecule has 7 heteroatoms. The van der Waals surface area contributed by atoms with Crippen LogP contribution in [0.15, 0.2) is 18.2 Å². The van der Waals surface area contributed by atoms with E-state index in [4.69, 9.17) is 4.74 Å². The molecule has 0 radical (unpaired) electrons. The van der Waals surface area contributed by atoms with Crippen LogP contribution in [0.2, 0.25) is 0 Å². The molecule has 0 aliphatic heterocycles. The van der Waals surface area contributed by atoms with Crippen molar-refractivity contribution in [2.45, 2.75) is 32.5 Å². The summed E-state index contributed by atoms with van der Waals surface area (Å²) in [4.78, 5) is 11.3. The molecule has 0 spiro atoms. The lowest BCUT2D eigenvalue weighted by Gasteiger charge is -2.19. The Morgan fingerprint density at radius 1 is 1.27 bits per heavy atom. The number of amides is 1. The predicted molar refractivity (Wildman–Crippen MR) is 72.5 cm³/mol. The third-order valence-electron chi connectivity index (χ3n) is 2.24. The van der Waals surface area contributed by atoms with Crippen LogP contribution in [0.5, 0.6) is 0 Å². The molecule has 0 atom stereocenters. The molecular formula is C15H15F4NO2. The number of halogens is 4. The van der Waals surface area contributed by atoms with E-state index >= 15 is 0 Å². The van der Waals surface area contributed by atoms with Crippen molar-refractivity contribution in [3.63, 3.8) is 0 Å². The maximum Gasteiger partial charge on any atom is 0.416 e. The van der Waals surface area contributed by atoms with Gasteiger partial charge in [0.1, 0.15) is 11.4 Å². The normalized spacial score (nSPS) is 11.4. The first-order chi connectivity index (χ1) is 9.99. The van der Waals surface area contributed by atoms with E-state index in [2.05, 4.69) is 17.2 Å². The number of alkyl carbamates (subject to hydrolysis) is 1. The fourth-order valence-corrected chi connectivity index (χ4v) is 1.37. The Morgan fingerprint density at radius 3 is 2.45 bits per heavy atom. The van der Waals surface area contributed by atoms with Crippen LogP contribution >= 0.6 is 0 Å². The van der Waals surface area contributed by atoms with E-state index in [1.165, 1.54) is 0 Å². The van der Waals surface area contributed by atoms with Gasteiger partial charge in [-0.3, -0.25) is 0 Å². The molecule has 0 bridgehead atoms. The molecule has 1 aromatic carbocycles. The highest BCUT2D eigenvalue weighted by molar-refractivity contribution is 5.68. The summed E-state index contributed by atoms with van der Waals surface area (Å²) in [6.07, 6.45) is -5.29. The summed E-state index contributed by atoms with van der Waals surface area (Å²) in [5, 5.41) is 2.29. The van der Waals surface area contributed by atoms with Gasteiger partial charge in [0, 0.05) is 0 Å². The fraction of sp³-hybridized carbons (Fsp3) is 0.400. The Balaban J connectivity index is 2.71. The highest BCUT2D eigenvalue weighted by Crippen LogP contribution is 2.30. The van der Waals surface area contributed by atoms with E-state index in [1.54, 1.807) is 20.8 Å². The van der Waals surface area contributed by atoms with Crippen molar-refractivity contribution in [3.05, 3.63) is 35.1 Å². The van der Waals surface area contributed by atoms with E-state index in [0.717, 1.165) is 0 Å². The number of benzene rings is 1. The van der Waals surface area contributed by atoms with Crippen LogP contribution in [-0.4, -0.2) is 18.2 Å². The predicted octanol–water partition coefficient (Wildman–Crippen LogP) is 3.72. The van der Waals surface area contributed by atoms with Crippen LogP contribution in [0.1, 0.15) is 31.9 Å². The smallest absolute Gasteiger partial charge is 0.416 e. The number of hydrogen-bond acceptors (Lipinski definition) is 2. The van der Waals surface area contributed by atoms with E-state index in [9.17, 15) is 22.4 Å². The zero-order valence-corrected chi connectivity index (χ0v) is 12.3. The molecule has 0 aliphatic carbocycles. The van der Waals surface area contributed by atoms with Crippen molar-refractivity contribution in [3.8, 4) is 11.8 Å². The van der Waals surface area contributed by atoms with Gasteiger partial charge in [0.2, 0.25) is 0 Å². The fourth-order valence-electron chi connectivity index (χ4n) is 1.37. The Kier molecular flexibility index (Phi) is 5.42. The van der Waals surface area contributed by atoms with Gasteiger partial charge in [0.15, 0.2) is 0 Å². The first kappa shape index (κ1) is 17.8. The molecule has 1 aromatic rings. The highest BCUT2D eigenvalue weighted by atomic mass is 19.4. The lowest BCUT2D eigenvalue weighted by Crippen LogP contribution is -2.32. The number of alkyl halides is 3. The number of rotatable bonds is 1. The molecule has 22 heavy (non-hydrogen) atoms. The van der Waals surface area contributed by atoms with Crippen LogP contribution in [0.3, 0.4) is 0 Å². The van der Waals surface area contributed by atoms with Crippen LogP contribution in [0.25, 0.3) is 0 Å². The summed E-state index contributed by atoms with van der Waals surface area (Å²) in [6, 6.07) is 1.96. The van der Waals surface area contributed by atoms with Crippen LogP contribution in [0.4, 0.5) is 22.4 Å². The standard InChI is InChI=1S/C15H15F4NO2/c1-14(2,3)22-13(21)20-8-4-5-10-9-11(15(17,18)19)6-7-12(10)16/h6-7,9H,8H2,1-3H3,(H,20,21). The molecular weight excluding hydrogens is 302 g/mol. The molecule has 0 unspecified atom stereocenters. The summed E-state index contributed by atoms with van der Waals surface area (Å²) in [7, 11) is 0. The summed E-state index contributed by atoms with van der Waals surface area (Å²) in [5.74, 6) is 3.75. The van der Waals surface area contributed by atoms with Crippen molar-refractivity contribution in [1.82, 2.24) is 5.32 Å². The van der Waals surface area contributed by atoms with Gasteiger partial charge in [0.25, 0.3) is 0 Å². The van der Waals surface area contributed by atoms with Crippen molar-refractivity contribution in [2.24, 2.45) is 0 Å². The Labute approximate surface area is 125 Å². The van der Waals surface area contributed by atoms with Crippen LogP contribution in [-0.2, 0) is 10.9 Å². The van der Waals surface area contributed by atoms with Gasteiger partial charge in [-0.2, -0.15) is 13.2 Å². The van der Waals surface area contributed by atoms with Gasteiger partial charge in [0.05, 0.1) is 17.7 Å². The van der Waals surface area contributed by atoms with Gasteiger partial charge < -0.3 is 10.1 Å². The van der Waals surface area contributed by atoms with Crippen LogP contribution < -0.4 is 5.32 Å². The molecule has 0 fully saturated rings. The summed E-state index contributed by atoms with van der Waals surface area (Å²) in [6.45, 7) is 4.85. The van der Waals surface area contributed by atoms with Crippen molar-refractivity contribution in [2.75, 3.05) is 6.54 Å². The average Bonchev–Trinajstić information content (AvgIpc) is 2.33. The van der Waals surface area contributed by atoms with Crippen molar-refractivity contribution in [1.29, 1.82) is 0 Å². The minimum absolute atomic E-state index is 0.176. The second-order valence-electron chi connectivity index (χ2n) is 5.35. The van der Waals surface area contributed by atoms with Crippen LogP contribution in [0, 0.1) is 17.7 Å². The first-order valence-electron chi connectivity index (χ1n) is 6.31. The van der Waals surface area contributed by atoms with Gasteiger partial charge in [-0.1, -0.05) is 11.8 Å². The topological polar surface area (TPSA) is 38.3 Å². The van der Waals surface area contributed by atoms with Gasteiger partial charge in [-0.25, -0.2) is 9.18 Å². The molecule has 0 saturated carbocycles. The van der Waals surface area contributed by atoms with E-state index in [-0.39, 0.29) is 12.1 Å². The molecule has 0 saturated heterocycles. The number of hydrogen-bond donors (Lipinski definition) is 1. The Hall–Kier alpha value is -2.23. The minimum atomic E-state index is -4.57. The van der Waals surface area contributed by atoms with E-state index in [0.29, 0.717) is 18.2 Å². The molecule has 3 nitrogen and oxygen atoms in total. The van der Waals surface area contributed by atoms with Gasteiger partial charge in [-0.05, 0) is 39.0 Å².